The molecule has 0 bridgehead atoms. The quantitative estimate of drug-likeness (QED) is 0.265. The molecule has 3 saturated carbocycles. The molecule has 218 valence electrons. The summed E-state index contributed by atoms with van der Waals surface area (Å²) in [5, 5.41) is 0. The van der Waals surface area contributed by atoms with Crippen LogP contribution in [0, 0.1) is 28.6 Å². The van der Waals surface area contributed by atoms with Gasteiger partial charge in [-0.1, -0.05) is 25.5 Å². The number of fused-ring (bicyclic) bond motifs is 5. The number of alkyl halides is 1. The molecule has 0 saturated heterocycles. The monoisotopic (exact) mass is 578 g/mol. The van der Waals surface area contributed by atoms with Gasteiger partial charge in [0.25, 0.3) is 0 Å². The molecule has 0 spiro atoms. The minimum Gasteiger partial charge on any atom is -0.458 e. The third-order valence-electron chi connectivity index (χ3n) is 9.94. The van der Waals surface area contributed by atoms with Gasteiger partial charge in [0.15, 0.2) is 34.7 Å². The lowest BCUT2D eigenvalue weighted by Gasteiger charge is -2.65. The van der Waals surface area contributed by atoms with Crippen LogP contribution in [0.5, 0.6) is 0 Å². The van der Waals surface area contributed by atoms with E-state index in [-0.39, 0.29) is 35.9 Å². The van der Waals surface area contributed by atoms with Crippen molar-refractivity contribution in [2.24, 2.45) is 28.6 Å². The molecule has 0 amide bonds. The molecule has 39 heavy (non-hydrogen) atoms. The molecule has 0 aromatic heterocycles. The lowest BCUT2D eigenvalue weighted by molar-refractivity contribution is -0.212. The van der Waals surface area contributed by atoms with Crippen LogP contribution in [0.1, 0.15) is 53.4 Å². The summed E-state index contributed by atoms with van der Waals surface area (Å²) >= 11 is 0. The maximum atomic E-state index is 18.3. The van der Waals surface area contributed by atoms with E-state index in [1.165, 1.54) is 13.0 Å². The number of ketones is 2. The zero-order valence-corrected chi connectivity index (χ0v) is 27.4. The van der Waals surface area contributed by atoms with Crippen LogP contribution in [0.4, 0.5) is 4.39 Å². The summed E-state index contributed by atoms with van der Waals surface area (Å²) in [5.74, 6) is -1.55. The molecule has 0 aromatic carbocycles. The van der Waals surface area contributed by atoms with Gasteiger partial charge in [0, 0.05) is 23.7 Å². The van der Waals surface area contributed by atoms with Gasteiger partial charge in [0.2, 0.25) is 5.78 Å². The third kappa shape index (κ3) is 4.69. The van der Waals surface area contributed by atoms with Gasteiger partial charge >= 0.3 is 5.97 Å². The van der Waals surface area contributed by atoms with Crippen LogP contribution in [0.3, 0.4) is 0 Å². The number of hydrogen-bond acceptors (Lipinski definition) is 6. The highest BCUT2D eigenvalue weighted by Gasteiger charge is 2.77. The van der Waals surface area contributed by atoms with Crippen LogP contribution in [0.15, 0.2) is 23.8 Å². The van der Waals surface area contributed by atoms with Gasteiger partial charge in [0.1, 0.15) is 5.60 Å². The maximum Gasteiger partial charge on any atom is 0.303 e. The minimum absolute atomic E-state index is 0.0963. The van der Waals surface area contributed by atoms with E-state index in [4.69, 9.17) is 13.6 Å². The fourth-order valence-electron chi connectivity index (χ4n) is 8.67. The Labute approximate surface area is 235 Å². The molecule has 0 radical (unpaired) electrons. The van der Waals surface area contributed by atoms with Crippen molar-refractivity contribution in [2.45, 2.75) is 110 Å². The van der Waals surface area contributed by atoms with Crippen LogP contribution in [0.2, 0.25) is 39.3 Å². The van der Waals surface area contributed by atoms with E-state index in [0.29, 0.717) is 25.7 Å². The molecule has 4 rings (SSSR count). The molecule has 3 unspecified atom stereocenters. The summed E-state index contributed by atoms with van der Waals surface area (Å²) in [4.78, 5) is 38.3. The molecule has 6 nitrogen and oxygen atoms in total. The van der Waals surface area contributed by atoms with E-state index in [1.54, 1.807) is 12.2 Å². The predicted octanol–water partition coefficient (Wildman–Crippen LogP) is 6.18. The topological polar surface area (TPSA) is 78.9 Å². The molecule has 0 aliphatic heterocycles. The van der Waals surface area contributed by atoms with Gasteiger partial charge in [-0.05, 0) is 95.9 Å². The first-order valence-electron chi connectivity index (χ1n) is 14.4. The fourth-order valence-corrected chi connectivity index (χ4v) is 11.3. The molecule has 8 atom stereocenters. The number of hydrogen-bond donors (Lipinski definition) is 0. The summed E-state index contributed by atoms with van der Waals surface area (Å²) in [6, 6.07) is 0. The number of Topliss-reactive ketones (excluding diaryl/α,β-unsaturated/α-hetero) is 1. The number of esters is 1. The van der Waals surface area contributed by atoms with Crippen molar-refractivity contribution in [3.63, 3.8) is 0 Å². The van der Waals surface area contributed by atoms with Gasteiger partial charge in [0.05, 0.1) is 6.10 Å². The Bertz CT molecular complexity index is 1120. The number of ether oxygens (including phenoxy) is 1. The van der Waals surface area contributed by atoms with Gasteiger partial charge in [-0.25, -0.2) is 4.39 Å². The van der Waals surface area contributed by atoms with Crippen LogP contribution in [-0.2, 0) is 28.0 Å². The molecule has 0 heterocycles. The predicted molar refractivity (Wildman–Crippen MR) is 154 cm³/mol. The summed E-state index contributed by atoms with van der Waals surface area (Å²) in [7, 11) is -4.56. The van der Waals surface area contributed by atoms with Crippen LogP contribution < -0.4 is 0 Å². The number of halogens is 1. The Kier molecular flexibility index (Phi) is 7.49. The SMILES string of the molecule is CC(=O)OCC(=O)[C@@]1(O[Si](C)(C)C)[C@@H](C)CC2C3CCC4=CC(=O)C=C[C@]4(C)C3(F)[C@@H](O[Si](C)(C)C)C[C@@]21C. The molecule has 0 aromatic rings. The second-order valence-corrected chi connectivity index (χ2v) is 23.6. The van der Waals surface area contributed by atoms with Gasteiger partial charge in [-0.2, -0.15) is 0 Å². The zero-order chi connectivity index (χ0) is 29.4. The van der Waals surface area contributed by atoms with Gasteiger partial charge in [-0.15, -0.1) is 0 Å². The van der Waals surface area contributed by atoms with Crippen molar-refractivity contribution >= 4 is 34.2 Å². The second-order valence-electron chi connectivity index (χ2n) is 14.8. The third-order valence-corrected chi connectivity index (χ3v) is 11.9. The number of rotatable bonds is 7. The van der Waals surface area contributed by atoms with E-state index in [0.717, 1.165) is 5.57 Å². The summed E-state index contributed by atoms with van der Waals surface area (Å²) in [5.41, 5.74) is -3.81. The highest BCUT2D eigenvalue weighted by molar-refractivity contribution is 6.70. The van der Waals surface area contributed by atoms with Crippen molar-refractivity contribution in [1.82, 2.24) is 0 Å². The minimum atomic E-state index is -2.31. The standard InChI is InChI=1S/C30H47FO6Si2/c1-19-15-24-23-12-11-21-16-22(33)13-14-27(21,3)29(23,31)26(36-38(5,6)7)17-28(24,4)30(19,37-39(8,9)10)25(34)18-35-20(2)32/h13-14,16,19,23-24,26H,11-12,15,17-18H2,1-10H3/t19-,23?,24?,26-,27-,28-,29?,30-/m0/s1. The zero-order valence-electron chi connectivity index (χ0n) is 25.4. The largest absolute Gasteiger partial charge is 0.458 e. The lowest BCUT2D eigenvalue weighted by Crippen LogP contribution is -2.71. The van der Waals surface area contributed by atoms with E-state index in [1.807, 2.05) is 13.8 Å². The molecule has 4 aliphatic carbocycles. The van der Waals surface area contributed by atoms with Gasteiger partial charge in [-0.3, -0.25) is 14.4 Å². The van der Waals surface area contributed by atoms with Crippen LogP contribution in [-0.4, -0.2) is 58.2 Å². The smallest absolute Gasteiger partial charge is 0.303 e. The lowest BCUT2D eigenvalue weighted by atomic mass is 9.44. The normalized spacial score (nSPS) is 41.8. The Balaban J connectivity index is 1.92. The highest BCUT2D eigenvalue weighted by Crippen LogP contribution is 2.72. The Morgan fingerprint density at radius 1 is 1.08 bits per heavy atom. The van der Waals surface area contributed by atoms with Gasteiger partial charge < -0.3 is 13.6 Å². The van der Waals surface area contributed by atoms with Crippen molar-refractivity contribution in [2.75, 3.05) is 6.61 Å². The first-order valence-corrected chi connectivity index (χ1v) is 21.2. The van der Waals surface area contributed by atoms with Crippen molar-refractivity contribution in [1.29, 1.82) is 0 Å². The molecular weight excluding hydrogens is 531 g/mol. The van der Waals surface area contributed by atoms with Crippen LogP contribution >= 0.6 is 0 Å². The highest BCUT2D eigenvalue weighted by atomic mass is 28.4. The molecule has 0 N–H and O–H groups in total. The summed E-state index contributed by atoms with van der Waals surface area (Å²) < 4.78 is 37.3. The van der Waals surface area contributed by atoms with E-state index in [2.05, 4.69) is 46.2 Å². The first kappa shape index (κ1) is 30.5. The Morgan fingerprint density at radius 3 is 2.28 bits per heavy atom. The Hall–Kier alpha value is -1.43. The number of carbonyl (C=O) groups is 3. The van der Waals surface area contributed by atoms with Crippen molar-refractivity contribution in [3.8, 4) is 0 Å². The van der Waals surface area contributed by atoms with E-state index >= 15 is 4.39 Å². The second kappa shape index (κ2) is 9.56. The average Bonchev–Trinajstić information content (AvgIpc) is 2.99. The molecule has 3 fully saturated rings. The molecular formula is C30H47FO6Si2. The molecule has 9 heteroatoms. The maximum absolute atomic E-state index is 18.3. The van der Waals surface area contributed by atoms with E-state index in [9.17, 15) is 14.4 Å². The summed E-state index contributed by atoms with van der Waals surface area (Å²) in [6.45, 7) is 19.4. The average molecular weight is 579 g/mol. The van der Waals surface area contributed by atoms with Crippen molar-refractivity contribution < 1.29 is 32.4 Å². The summed E-state index contributed by atoms with van der Waals surface area (Å²) in [6.07, 6.45) is 6.29. The molecule has 4 aliphatic rings. The fraction of sp³-hybridized carbons (Fsp3) is 0.767. The van der Waals surface area contributed by atoms with Crippen LogP contribution in [0.25, 0.3) is 0 Å². The number of carbonyl (C=O) groups excluding carboxylic acids is 3. The first-order chi connectivity index (χ1) is 17.7. The number of allylic oxidation sites excluding steroid dienone is 4. The van der Waals surface area contributed by atoms with E-state index < -0.39 is 50.8 Å². The van der Waals surface area contributed by atoms with Crippen molar-refractivity contribution in [3.05, 3.63) is 23.8 Å². The Morgan fingerprint density at radius 2 is 1.72 bits per heavy atom.